The van der Waals surface area contributed by atoms with Crippen molar-refractivity contribution < 1.29 is 22.7 Å². The second-order valence-electron chi connectivity index (χ2n) is 8.71. The molecule has 0 aliphatic carbocycles. The number of hydrogen-bond donors (Lipinski definition) is 1. The van der Waals surface area contributed by atoms with E-state index >= 15 is 0 Å². The molecule has 0 heterocycles. The van der Waals surface area contributed by atoms with Crippen LogP contribution in [0.2, 0.25) is 0 Å². The third-order valence-electron chi connectivity index (χ3n) is 3.77. The maximum atomic E-state index is 12.2. The number of rotatable bonds is 8. The number of amides is 1. The Morgan fingerprint density at radius 3 is 2.11 bits per heavy atom. The van der Waals surface area contributed by atoms with Gasteiger partial charge in [0.15, 0.2) is 16.4 Å². The molecule has 0 aromatic heterocycles. The van der Waals surface area contributed by atoms with Crippen LogP contribution < -0.4 is 5.32 Å². The summed E-state index contributed by atoms with van der Waals surface area (Å²) in [5, 5.41) is 2.84. The molecule has 0 radical (unpaired) electrons. The van der Waals surface area contributed by atoms with E-state index in [0.29, 0.717) is 0 Å². The lowest BCUT2D eigenvalue weighted by atomic mass is 9.82. The number of aryl methyl sites for hydroxylation is 1. The lowest BCUT2D eigenvalue weighted by molar-refractivity contribution is -0.148. The first-order chi connectivity index (χ1) is 12.2. The second kappa shape index (κ2) is 8.87. The van der Waals surface area contributed by atoms with Gasteiger partial charge < -0.3 is 10.1 Å². The zero-order valence-corrected chi connectivity index (χ0v) is 17.9. The first kappa shape index (κ1) is 23.1. The highest BCUT2D eigenvalue weighted by Gasteiger charge is 2.27. The highest BCUT2D eigenvalue weighted by molar-refractivity contribution is 7.91. The summed E-state index contributed by atoms with van der Waals surface area (Å²) < 4.78 is 29.4. The van der Waals surface area contributed by atoms with Crippen LogP contribution in [-0.2, 0) is 24.2 Å². The summed E-state index contributed by atoms with van der Waals surface area (Å²) in [6.07, 6.45) is 0.462. The van der Waals surface area contributed by atoms with Crippen molar-refractivity contribution in [1.29, 1.82) is 0 Å². The Kier molecular flexibility index (Phi) is 7.60. The number of nitrogens with one attached hydrogen (secondary N) is 1. The molecular weight excluding hydrogens is 366 g/mol. The van der Waals surface area contributed by atoms with Gasteiger partial charge in [0.05, 0.1) is 17.1 Å². The Hall–Kier alpha value is -1.89. The van der Waals surface area contributed by atoms with Crippen molar-refractivity contribution in [3.63, 3.8) is 0 Å². The predicted molar refractivity (Wildman–Crippen MR) is 105 cm³/mol. The highest BCUT2D eigenvalue weighted by atomic mass is 32.2. The van der Waals surface area contributed by atoms with Crippen LogP contribution in [0.1, 0.15) is 53.0 Å². The molecule has 6 nitrogen and oxygen atoms in total. The Bertz CT molecular complexity index is 759. The SMILES string of the molecule is Cc1ccc(S(=O)(=O)CCC(=O)OCC(=O)NC(C)(C)CC(C)(C)C)cc1. The molecule has 0 saturated carbocycles. The predicted octanol–water partition coefficient (Wildman–Crippen LogP) is 3.03. The Labute approximate surface area is 162 Å². The van der Waals surface area contributed by atoms with Gasteiger partial charge in [0.25, 0.3) is 5.91 Å². The van der Waals surface area contributed by atoms with Crippen LogP contribution in [-0.4, -0.2) is 38.2 Å². The van der Waals surface area contributed by atoms with E-state index in [2.05, 4.69) is 26.1 Å². The number of benzene rings is 1. The summed E-state index contributed by atoms with van der Waals surface area (Å²) in [5.74, 6) is -1.47. The van der Waals surface area contributed by atoms with Crippen molar-refractivity contribution in [2.75, 3.05) is 12.4 Å². The third kappa shape index (κ3) is 9.04. The molecule has 0 saturated heterocycles. The summed E-state index contributed by atoms with van der Waals surface area (Å²) in [6, 6.07) is 6.44. The molecule has 0 atom stereocenters. The quantitative estimate of drug-likeness (QED) is 0.681. The maximum absolute atomic E-state index is 12.2. The average molecular weight is 398 g/mol. The molecule has 1 aromatic rings. The van der Waals surface area contributed by atoms with Gasteiger partial charge in [0, 0.05) is 5.54 Å². The lowest BCUT2D eigenvalue weighted by Gasteiger charge is -2.33. The van der Waals surface area contributed by atoms with Crippen LogP contribution in [0.4, 0.5) is 0 Å². The zero-order valence-electron chi connectivity index (χ0n) is 17.1. The molecule has 0 aliphatic rings. The molecule has 0 fully saturated rings. The van der Waals surface area contributed by atoms with E-state index < -0.39 is 33.9 Å². The second-order valence-corrected chi connectivity index (χ2v) is 10.8. The molecule has 1 aromatic carbocycles. The van der Waals surface area contributed by atoms with Crippen LogP contribution in [0.25, 0.3) is 0 Å². The first-order valence-corrected chi connectivity index (χ1v) is 10.6. The molecule has 27 heavy (non-hydrogen) atoms. The normalized spacial score (nSPS) is 12.5. The minimum absolute atomic E-state index is 0.0395. The van der Waals surface area contributed by atoms with Crippen molar-refractivity contribution in [2.45, 2.75) is 64.8 Å². The van der Waals surface area contributed by atoms with Gasteiger partial charge in [-0.3, -0.25) is 9.59 Å². The van der Waals surface area contributed by atoms with E-state index in [1.54, 1.807) is 12.1 Å². The molecule has 1 rings (SSSR count). The number of esters is 1. The van der Waals surface area contributed by atoms with Gasteiger partial charge in [-0.05, 0) is 44.7 Å². The summed E-state index contributed by atoms with van der Waals surface area (Å²) in [6.45, 7) is 11.5. The van der Waals surface area contributed by atoms with Gasteiger partial charge in [-0.1, -0.05) is 38.5 Å². The van der Waals surface area contributed by atoms with E-state index in [4.69, 9.17) is 4.74 Å². The van der Waals surface area contributed by atoms with Crippen LogP contribution in [0, 0.1) is 12.3 Å². The van der Waals surface area contributed by atoms with Gasteiger partial charge in [-0.25, -0.2) is 8.42 Å². The minimum atomic E-state index is -3.56. The van der Waals surface area contributed by atoms with Gasteiger partial charge in [0.1, 0.15) is 0 Å². The number of carbonyl (C=O) groups is 2. The summed E-state index contributed by atoms with van der Waals surface area (Å²) in [7, 11) is -3.56. The number of ether oxygens (including phenoxy) is 1. The molecule has 1 N–H and O–H groups in total. The fraction of sp³-hybridized carbons (Fsp3) is 0.600. The Morgan fingerprint density at radius 2 is 1.59 bits per heavy atom. The minimum Gasteiger partial charge on any atom is -0.456 e. The number of hydrogen-bond acceptors (Lipinski definition) is 5. The maximum Gasteiger partial charge on any atom is 0.307 e. The monoisotopic (exact) mass is 397 g/mol. The summed E-state index contributed by atoms with van der Waals surface area (Å²) in [4.78, 5) is 24.0. The first-order valence-electron chi connectivity index (χ1n) is 8.96. The zero-order chi connectivity index (χ0) is 20.9. The fourth-order valence-corrected chi connectivity index (χ4v) is 4.30. The largest absolute Gasteiger partial charge is 0.456 e. The highest BCUT2D eigenvalue weighted by Crippen LogP contribution is 2.26. The van der Waals surface area contributed by atoms with Crippen molar-refractivity contribution in [2.24, 2.45) is 5.41 Å². The summed E-state index contributed by atoms with van der Waals surface area (Å²) >= 11 is 0. The Morgan fingerprint density at radius 1 is 1.04 bits per heavy atom. The molecule has 0 unspecified atom stereocenters. The van der Waals surface area contributed by atoms with Crippen molar-refractivity contribution in [3.05, 3.63) is 29.8 Å². The van der Waals surface area contributed by atoms with Crippen LogP contribution in [0.5, 0.6) is 0 Å². The van der Waals surface area contributed by atoms with E-state index in [0.717, 1.165) is 12.0 Å². The number of sulfone groups is 1. The van der Waals surface area contributed by atoms with E-state index in [9.17, 15) is 18.0 Å². The lowest BCUT2D eigenvalue weighted by Crippen LogP contribution is -2.47. The smallest absolute Gasteiger partial charge is 0.307 e. The van der Waals surface area contributed by atoms with Gasteiger partial charge in [-0.2, -0.15) is 0 Å². The molecule has 0 spiro atoms. The number of carbonyl (C=O) groups excluding carboxylic acids is 2. The van der Waals surface area contributed by atoms with Gasteiger partial charge in [0.2, 0.25) is 0 Å². The average Bonchev–Trinajstić information content (AvgIpc) is 2.48. The summed E-state index contributed by atoms with van der Waals surface area (Å²) in [5.41, 5.74) is 0.558. The van der Waals surface area contributed by atoms with E-state index in [1.165, 1.54) is 12.1 Å². The molecular formula is C20H31NO5S. The van der Waals surface area contributed by atoms with Crippen molar-refractivity contribution in [3.8, 4) is 0 Å². The molecule has 0 bridgehead atoms. The fourth-order valence-electron chi connectivity index (χ4n) is 3.08. The third-order valence-corrected chi connectivity index (χ3v) is 5.50. The molecule has 0 aliphatic heterocycles. The molecule has 7 heteroatoms. The van der Waals surface area contributed by atoms with E-state index in [1.807, 2.05) is 20.8 Å². The van der Waals surface area contributed by atoms with Crippen molar-refractivity contribution in [1.82, 2.24) is 5.32 Å². The Balaban J connectivity index is 2.46. The van der Waals surface area contributed by atoms with Gasteiger partial charge >= 0.3 is 5.97 Å². The standard InChI is InChI=1S/C20H31NO5S/c1-15-7-9-16(10-8-15)27(24,25)12-11-18(23)26-13-17(22)21-20(5,6)14-19(2,3)4/h7-10H,11-14H2,1-6H3,(H,21,22). The van der Waals surface area contributed by atoms with Gasteiger partial charge in [-0.15, -0.1) is 0 Å². The van der Waals surface area contributed by atoms with E-state index in [-0.39, 0.29) is 22.5 Å². The topological polar surface area (TPSA) is 89.5 Å². The van der Waals surface area contributed by atoms with Crippen LogP contribution in [0.15, 0.2) is 29.2 Å². The molecule has 1 amide bonds. The molecule has 152 valence electrons. The van der Waals surface area contributed by atoms with Crippen LogP contribution in [0.3, 0.4) is 0 Å². The van der Waals surface area contributed by atoms with Crippen LogP contribution >= 0.6 is 0 Å². The van der Waals surface area contributed by atoms with Crippen molar-refractivity contribution >= 4 is 21.7 Å².